The van der Waals surface area contributed by atoms with Crippen LogP contribution in [0, 0.1) is 0 Å². The molecular formula is C41H27N5. The molecule has 0 bridgehead atoms. The molecule has 0 radical (unpaired) electrons. The van der Waals surface area contributed by atoms with Gasteiger partial charge in [-0.3, -0.25) is 9.97 Å². The van der Waals surface area contributed by atoms with Gasteiger partial charge in [0.2, 0.25) is 0 Å². The smallest absolute Gasteiger partial charge is 0.164 e. The SMILES string of the molecule is c1ccc(-c2ccc(-c3nc(-c4ccccc4)nc(-c4ccc(-c5ccc(-c6ccncc6)cn5)c5ccccc45)n3)cc2)cc1. The van der Waals surface area contributed by atoms with Crippen LogP contribution >= 0.6 is 0 Å². The van der Waals surface area contributed by atoms with Gasteiger partial charge in [-0.15, -0.1) is 0 Å². The van der Waals surface area contributed by atoms with Gasteiger partial charge in [0.1, 0.15) is 0 Å². The lowest BCUT2D eigenvalue weighted by Gasteiger charge is -2.13. The lowest BCUT2D eigenvalue weighted by Crippen LogP contribution is -2.01. The second kappa shape index (κ2) is 12.0. The highest BCUT2D eigenvalue weighted by atomic mass is 15.0. The summed E-state index contributed by atoms with van der Waals surface area (Å²) >= 11 is 0. The van der Waals surface area contributed by atoms with Crippen molar-refractivity contribution in [2.45, 2.75) is 0 Å². The Morgan fingerprint density at radius 3 is 1.46 bits per heavy atom. The Labute approximate surface area is 267 Å². The van der Waals surface area contributed by atoms with Gasteiger partial charge in [-0.05, 0) is 51.7 Å². The molecule has 0 N–H and O–H groups in total. The van der Waals surface area contributed by atoms with Crippen LogP contribution in [0.4, 0.5) is 0 Å². The minimum Gasteiger partial charge on any atom is -0.265 e. The summed E-state index contributed by atoms with van der Waals surface area (Å²) < 4.78 is 0. The van der Waals surface area contributed by atoms with Crippen LogP contribution in [0.1, 0.15) is 0 Å². The molecule has 8 aromatic rings. The summed E-state index contributed by atoms with van der Waals surface area (Å²) in [5.74, 6) is 1.89. The minimum absolute atomic E-state index is 0.625. The normalized spacial score (nSPS) is 11.0. The van der Waals surface area contributed by atoms with E-state index in [0.29, 0.717) is 17.5 Å². The Morgan fingerprint density at radius 1 is 0.326 bits per heavy atom. The van der Waals surface area contributed by atoms with Gasteiger partial charge >= 0.3 is 0 Å². The third-order valence-electron chi connectivity index (χ3n) is 8.14. The number of hydrogen-bond donors (Lipinski definition) is 0. The molecule has 5 aromatic carbocycles. The molecule has 5 nitrogen and oxygen atoms in total. The predicted molar refractivity (Wildman–Crippen MR) is 186 cm³/mol. The molecule has 0 saturated heterocycles. The van der Waals surface area contributed by atoms with E-state index in [1.54, 1.807) is 12.4 Å². The van der Waals surface area contributed by atoms with Crippen LogP contribution in [0.15, 0.2) is 164 Å². The van der Waals surface area contributed by atoms with E-state index in [9.17, 15) is 0 Å². The standard InChI is InChI=1S/C41H27N5/c1-3-9-28(10-4-1)29-15-17-32(18-16-29)40-44-39(31-11-5-2-6-12-31)45-41(46-40)37-21-20-36(34-13-7-8-14-35(34)37)38-22-19-33(27-43-38)30-23-25-42-26-24-30/h1-27H. The van der Waals surface area contributed by atoms with Crippen LogP contribution < -0.4 is 0 Å². The first-order chi connectivity index (χ1) is 22.8. The average molecular weight is 590 g/mol. The molecule has 216 valence electrons. The van der Waals surface area contributed by atoms with E-state index in [0.717, 1.165) is 55.4 Å². The molecule has 46 heavy (non-hydrogen) atoms. The van der Waals surface area contributed by atoms with Crippen molar-refractivity contribution in [3.8, 4) is 67.7 Å². The monoisotopic (exact) mass is 589 g/mol. The van der Waals surface area contributed by atoms with Gasteiger partial charge in [-0.1, -0.05) is 121 Å². The van der Waals surface area contributed by atoms with E-state index >= 15 is 0 Å². The van der Waals surface area contributed by atoms with Crippen molar-refractivity contribution in [2.24, 2.45) is 0 Å². The number of fused-ring (bicyclic) bond motifs is 1. The number of aromatic nitrogens is 5. The van der Waals surface area contributed by atoms with Crippen LogP contribution in [-0.2, 0) is 0 Å². The molecule has 0 aliphatic carbocycles. The minimum atomic E-state index is 0.625. The Balaban J connectivity index is 1.24. The molecule has 0 atom stereocenters. The van der Waals surface area contributed by atoms with Gasteiger partial charge in [-0.2, -0.15) is 0 Å². The summed E-state index contributed by atoms with van der Waals surface area (Å²) in [4.78, 5) is 24.0. The fourth-order valence-electron chi connectivity index (χ4n) is 5.77. The second-order valence-corrected chi connectivity index (χ2v) is 11.0. The summed E-state index contributed by atoms with van der Waals surface area (Å²) in [6.45, 7) is 0. The van der Waals surface area contributed by atoms with E-state index in [1.807, 2.05) is 54.7 Å². The first-order valence-corrected chi connectivity index (χ1v) is 15.2. The van der Waals surface area contributed by atoms with Crippen LogP contribution in [0.25, 0.3) is 78.4 Å². The highest BCUT2D eigenvalue weighted by Crippen LogP contribution is 2.36. The van der Waals surface area contributed by atoms with Gasteiger partial charge in [0.15, 0.2) is 17.5 Å². The molecule has 8 rings (SSSR count). The molecule has 3 aromatic heterocycles. The molecule has 3 heterocycles. The van der Waals surface area contributed by atoms with Gasteiger partial charge < -0.3 is 0 Å². The maximum absolute atomic E-state index is 5.06. The van der Waals surface area contributed by atoms with Crippen molar-refractivity contribution in [1.82, 2.24) is 24.9 Å². The zero-order valence-electron chi connectivity index (χ0n) is 24.8. The zero-order valence-corrected chi connectivity index (χ0v) is 24.8. The van der Waals surface area contributed by atoms with Crippen LogP contribution in [0.5, 0.6) is 0 Å². The van der Waals surface area contributed by atoms with Crippen molar-refractivity contribution in [3.05, 3.63) is 164 Å². The fraction of sp³-hybridized carbons (Fsp3) is 0. The molecule has 0 saturated carbocycles. The quantitative estimate of drug-likeness (QED) is 0.193. The third kappa shape index (κ3) is 5.31. The van der Waals surface area contributed by atoms with Crippen LogP contribution in [-0.4, -0.2) is 24.9 Å². The molecule has 0 spiro atoms. The Hall–Kier alpha value is -6.33. The van der Waals surface area contributed by atoms with Gasteiger partial charge in [0.25, 0.3) is 0 Å². The summed E-state index contributed by atoms with van der Waals surface area (Å²) in [5.41, 5.74) is 9.21. The largest absolute Gasteiger partial charge is 0.265 e. The first-order valence-electron chi connectivity index (χ1n) is 15.2. The van der Waals surface area contributed by atoms with E-state index in [4.69, 9.17) is 19.9 Å². The maximum atomic E-state index is 5.06. The Bertz CT molecular complexity index is 2270. The van der Waals surface area contributed by atoms with Crippen LogP contribution in [0.3, 0.4) is 0 Å². The summed E-state index contributed by atoms with van der Waals surface area (Å²) in [5, 5.41) is 2.13. The number of rotatable bonds is 6. The summed E-state index contributed by atoms with van der Waals surface area (Å²) in [6.07, 6.45) is 5.51. The summed E-state index contributed by atoms with van der Waals surface area (Å²) in [6, 6.07) is 49.6. The van der Waals surface area contributed by atoms with Crippen molar-refractivity contribution in [1.29, 1.82) is 0 Å². The van der Waals surface area contributed by atoms with E-state index in [1.165, 1.54) is 5.56 Å². The highest BCUT2D eigenvalue weighted by Gasteiger charge is 2.16. The molecule has 5 heteroatoms. The molecule has 0 unspecified atom stereocenters. The number of hydrogen-bond acceptors (Lipinski definition) is 5. The maximum Gasteiger partial charge on any atom is 0.164 e. The van der Waals surface area contributed by atoms with Gasteiger partial charge in [0, 0.05) is 46.4 Å². The lowest BCUT2D eigenvalue weighted by molar-refractivity contribution is 1.08. The van der Waals surface area contributed by atoms with Crippen molar-refractivity contribution in [3.63, 3.8) is 0 Å². The molecule has 0 aliphatic heterocycles. The zero-order chi connectivity index (χ0) is 30.7. The molecular weight excluding hydrogens is 562 g/mol. The molecule has 0 aliphatic rings. The first kappa shape index (κ1) is 27.2. The lowest BCUT2D eigenvalue weighted by atomic mass is 9.96. The average Bonchev–Trinajstić information content (AvgIpc) is 3.15. The van der Waals surface area contributed by atoms with Crippen molar-refractivity contribution >= 4 is 10.8 Å². The Kier molecular flexibility index (Phi) is 7.09. The highest BCUT2D eigenvalue weighted by molar-refractivity contribution is 6.03. The van der Waals surface area contributed by atoms with E-state index < -0.39 is 0 Å². The predicted octanol–water partition coefficient (Wildman–Crippen LogP) is 9.82. The summed E-state index contributed by atoms with van der Waals surface area (Å²) in [7, 11) is 0. The third-order valence-corrected chi connectivity index (χ3v) is 8.14. The fourth-order valence-corrected chi connectivity index (χ4v) is 5.77. The molecule has 0 fully saturated rings. The van der Waals surface area contributed by atoms with Crippen LogP contribution in [0.2, 0.25) is 0 Å². The van der Waals surface area contributed by atoms with Gasteiger partial charge in [0.05, 0.1) is 5.69 Å². The molecule has 0 amide bonds. The van der Waals surface area contributed by atoms with E-state index in [-0.39, 0.29) is 0 Å². The van der Waals surface area contributed by atoms with E-state index in [2.05, 4.69) is 102 Å². The van der Waals surface area contributed by atoms with Crippen molar-refractivity contribution < 1.29 is 0 Å². The topological polar surface area (TPSA) is 64.5 Å². The number of benzene rings is 5. The Morgan fingerprint density at radius 2 is 0.804 bits per heavy atom. The van der Waals surface area contributed by atoms with Gasteiger partial charge in [-0.25, -0.2) is 15.0 Å². The number of pyridine rings is 2. The number of nitrogens with zero attached hydrogens (tertiary/aromatic N) is 5. The van der Waals surface area contributed by atoms with Crippen molar-refractivity contribution in [2.75, 3.05) is 0 Å². The second-order valence-electron chi connectivity index (χ2n) is 11.0.